The summed E-state index contributed by atoms with van der Waals surface area (Å²) >= 11 is 3.58. The summed E-state index contributed by atoms with van der Waals surface area (Å²) in [5.41, 5.74) is 3.56. The molecule has 0 atom stereocenters. The second-order valence-electron chi connectivity index (χ2n) is 3.63. The molecule has 0 saturated heterocycles. The first-order valence-corrected chi connectivity index (χ1v) is 5.92. The Morgan fingerprint density at radius 2 is 1.75 bits per heavy atom. The summed E-state index contributed by atoms with van der Waals surface area (Å²) in [6.07, 6.45) is 0. The van der Waals surface area contributed by atoms with E-state index in [1.807, 2.05) is 30.3 Å². The molecule has 0 aliphatic carbocycles. The second kappa shape index (κ2) is 4.71. The minimum absolute atomic E-state index is 0.892. The molecule has 0 saturated carbocycles. The normalized spacial score (nSPS) is 10.2. The van der Waals surface area contributed by atoms with Gasteiger partial charge in [0.05, 0.1) is 7.11 Å². The Kier molecular flexibility index (Phi) is 3.30. The SMILES string of the molecule is COc1cccc(Br)c1-c1ccccc1C. The molecule has 2 rings (SSSR count). The molecule has 0 fully saturated rings. The van der Waals surface area contributed by atoms with E-state index in [-0.39, 0.29) is 0 Å². The lowest BCUT2D eigenvalue weighted by Crippen LogP contribution is -1.90. The topological polar surface area (TPSA) is 9.23 Å². The summed E-state index contributed by atoms with van der Waals surface area (Å²) in [6.45, 7) is 2.11. The van der Waals surface area contributed by atoms with Gasteiger partial charge in [0.2, 0.25) is 0 Å². The monoisotopic (exact) mass is 276 g/mol. The Hall–Kier alpha value is -1.28. The minimum Gasteiger partial charge on any atom is -0.496 e. The van der Waals surface area contributed by atoms with Gasteiger partial charge in [0, 0.05) is 10.0 Å². The zero-order valence-corrected chi connectivity index (χ0v) is 10.9. The largest absolute Gasteiger partial charge is 0.496 e. The summed E-state index contributed by atoms with van der Waals surface area (Å²) in [5.74, 6) is 0.892. The van der Waals surface area contributed by atoms with E-state index in [2.05, 4.69) is 35.0 Å². The van der Waals surface area contributed by atoms with Crippen LogP contribution in [0, 0.1) is 6.92 Å². The van der Waals surface area contributed by atoms with Crippen LogP contribution in [0.25, 0.3) is 11.1 Å². The molecule has 16 heavy (non-hydrogen) atoms. The van der Waals surface area contributed by atoms with E-state index >= 15 is 0 Å². The molecule has 0 aliphatic rings. The van der Waals surface area contributed by atoms with Crippen molar-refractivity contribution in [2.75, 3.05) is 7.11 Å². The van der Waals surface area contributed by atoms with E-state index < -0.39 is 0 Å². The highest BCUT2D eigenvalue weighted by molar-refractivity contribution is 9.10. The molecule has 2 aromatic rings. The van der Waals surface area contributed by atoms with Gasteiger partial charge in [-0.3, -0.25) is 0 Å². The van der Waals surface area contributed by atoms with Crippen LogP contribution in [-0.4, -0.2) is 7.11 Å². The van der Waals surface area contributed by atoms with Gasteiger partial charge in [0.1, 0.15) is 5.75 Å². The smallest absolute Gasteiger partial charge is 0.127 e. The van der Waals surface area contributed by atoms with Crippen molar-refractivity contribution in [3.8, 4) is 16.9 Å². The standard InChI is InChI=1S/C14H13BrO/c1-10-6-3-4-7-11(10)14-12(15)8-5-9-13(14)16-2/h3-9H,1-2H3. The van der Waals surface area contributed by atoms with E-state index in [0.717, 1.165) is 15.8 Å². The highest BCUT2D eigenvalue weighted by Gasteiger charge is 2.10. The van der Waals surface area contributed by atoms with Crippen molar-refractivity contribution in [1.82, 2.24) is 0 Å². The Morgan fingerprint density at radius 3 is 2.44 bits per heavy atom. The van der Waals surface area contributed by atoms with Crippen molar-refractivity contribution in [2.24, 2.45) is 0 Å². The molecule has 1 nitrogen and oxygen atoms in total. The number of ether oxygens (including phenoxy) is 1. The van der Waals surface area contributed by atoms with Gasteiger partial charge in [-0.05, 0) is 30.2 Å². The van der Waals surface area contributed by atoms with Crippen LogP contribution in [0.1, 0.15) is 5.56 Å². The first kappa shape index (κ1) is 11.2. The molecule has 0 spiro atoms. The summed E-state index contributed by atoms with van der Waals surface area (Å²) in [6, 6.07) is 14.3. The van der Waals surface area contributed by atoms with Crippen molar-refractivity contribution in [3.05, 3.63) is 52.5 Å². The summed E-state index contributed by atoms with van der Waals surface area (Å²) in [4.78, 5) is 0. The summed E-state index contributed by atoms with van der Waals surface area (Å²) < 4.78 is 6.46. The van der Waals surface area contributed by atoms with Crippen LogP contribution in [0.3, 0.4) is 0 Å². The molecular weight excluding hydrogens is 264 g/mol. The zero-order valence-electron chi connectivity index (χ0n) is 9.33. The number of aryl methyl sites for hydroxylation is 1. The molecule has 0 aromatic heterocycles. The third kappa shape index (κ3) is 1.98. The van der Waals surface area contributed by atoms with Gasteiger partial charge in [-0.15, -0.1) is 0 Å². The molecule has 0 N–H and O–H groups in total. The van der Waals surface area contributed by atoms with Gasteiger partial charge in [-0.25, -0.2) is 0 Å². The van der Waals surface area contributed by atoms with Crippen molar-refractivity contribution >= 4 is 15.9 Å². The van der Waals surface area contributed by atoms with Crippen LogP contribution >= 0.6 is 15.9 Å². The van der Waals surface area contributed by atoms with Crippen LogP contribution in [0.5, 0.6) is 5.75 Å². The maximum Gasteiger partial charge on any atom is 0.127 e. The molecule has 0 radical (unpaired) electrons. The van der Waals surface area contributed by atoms with E-state index in [1.165, 1.54) is 11.1 Å². The molecule has 0 aliphatic heterocycles. The van der Waals surface area contributed by atoms with E-state index in [4.69, 9.17) is 4.74 Å². The molecule has 2 heteroatoms. The van der Waals surface area contributed by atoms with Crippen LogP contribution in [0.4, 0.5) is 0 Å². The molecule has 0 amide bonds. The second-order valence-corrected chi connectivity index (χ2v) is 4.49. The summed E-state index contributed by atoms with van der Waals surface area (Å²) in [7, 11) is 1.70. The van der Waals surface area contributed by atoms with Gasteiger partial charge in [-0.2, -0.15) is 0 Å². The molecule has 82 valence electrons. The highest BCUT2D eigenvalue weighted by Crippen LogP contribution is 2.37. The highest BCUT2D eigenvalue weighted by atomic mass is 79.9. The fourth-order valence-corrected chi connectivity index (χ4v) is 2.35. The van der Waals surface area contributed by atoms with Crippen molar-refractivity contribution < 1.29 is 4.74 Å². The lowest BCUT2D eigenvalue weighted by atomic mass is 10.00. The van der Waals surface area contributed by atoms with Crippen LogP contribution in [0.15, 0.2) is 46.9 Å². The number of halogens is 1. The molecule has 2 aromatic carbocycles. The van der Waals surface area contributed by atoms with Gasteiger partial charge >= 0.3 is 0 Å². The zero-order chi connectivity index (χ0) is 11.5. The van der Waals surface area contributed by atoms with E-state index in [9.17, 15) is 0 Å². The third-order valence-corrected chi connectivity index (χ3v) is 3.27. The van der Waals surface area contributed by atoms with Gasteiger partial charge in [-0.1, -0.05) is 46.3 Å². The number of methoxy groups -OCH3 is 1. The van der Waals surface area contributed by atoms with Crippen LogP contribution < -0.4 is 4.74 Å². The van der Waals surface area contributed by atoms with Crippen molar-refractivity contribution in [2.45, 2.75) is 6.92 Å². The fraction of sp³-hybridized carbons (Fsp3) is 0.143. The first-order chi connectivity index (χ1) is 7.74. The van der Waals surface area contributed by atoms with E-state index in [1.54, 1.807) is 7.11 Å². The molecular formula is C14H13BrO. The predicted molar refractivity (Wildman–Crippen MR) is 70.9 cm³/mol. The summed E-state index contributed by atoms with van der Waals surface area (Å²) in [5, 5.41) is 0. The number of hydrogen-bond donors (Lipinski definition) is 0. The predicted octanol–water partition coefficient (Wildman–Crippen LogP) is 4.43. The lowest BCUT2D eigenvalue weighted by molar-refractivity contribution is 0.416. The average Bonchev–Trinajstić information content (AvgIpc) is 2.30. The quantitative estimate of drug-likeness (QED) is 0.788. The maximum absolute atomic E-state index is 5.41. The maximum atomic E-state index is 5.41. The van der Waals surface area contributed by atoms with Crippen LogP contribution in [-0.2, 0) is 0 Å². The minimum atomic E-state index is 0.892. The van der Waals surface area contributed by atoms with Gasteiger partial charge < -0.3 is 4.74 Å². The Morgan fingerprint density at radius 1 is 1.00 bits per heavy atom. The van der Waals surface area contributed by atoms with Gasteiger partial charge in [0.25, 0.3) is 0 Å². The molecule has 0 heterocycles. The first-order valence-electron chi connectivity index (χ1n) is 5.12. The van der Waals surface area contributed by atoms with Crippen LogP contribution in [0.2, 0.25) is 0 Å². The van der Waals surface area contributed by atoms with Gasteiger partial charge in [0.15, 0.2) is 0 Å². The number of hydrogen-bond acceptors (Lipinski definition) is 1. The van der Waals surface area contributed by atoms with E-state index in [0.29, 0.717) is 0 Å². The van der Waals surface area contributed by atoms with Crippen molar-refractivity contribution in [1.29, 1.82) is 0 Å². The average molecular weight is 277 g/mol. The fourth-order valence-electron chi connectivity index (χ4n) is 1.79. The molecule has 0 bridgehead atoms. The Balaban J connectivity index is 2.68. The Bertz CT molecular complexity index is 506. The van der Waals surface area contributed by atoms with Crippen molar-refractivity contribution in [3.63, 3.8) is 0 Å². The Labute approximate surface area is 104 Å². The number of rotatable bonds is 2. The molecule has 0 unspecified atom stereocenters. The third-order valence-electron chi connectivity index (χ3n) is 2.61. The lowest BCUT2D eigenvalue weighted by Gasteiger charge is -2.12. The number of benzene rings is 2.